The fourth-order valence-electron chi connectivity index (χ4n) is 6.00. The average Bonchev–Trinajstić information content (AvgIpc) is 3.67. The van der Waals surface area contributed by atoms with E-state index in [0.717, 1.165) is 57.8 Å². The predicted molar refractivity (Wildman–Crippen MR) is 134 cm³/mol. The van der Waals surface area contributed by atoms with Crippen LogP contribution in [-0.4, -0.2) is 37.0 Å². The number of carbonyl (C=O) groups excluding carboxylic acids is 1. The molecule has 1 amide bonds. The molecule has 1 unspecified atom stereocenters. The molecule has 1 saturated heterocycles. The molecule has 1 saturated carbocycles. The molecule has 2 fully saturated rings. The van der Waals surface area contributed by atoms with Crippen molar-refractivity contribution in [3.05, 3.63) is 70.8 Å². The molecule has 0 aromatic heterocycles. The largest absolute Gasteiger partial charge is 0.347 e. The van der Waals surface area contributed by atoms with E-state index in [1.165, 1.54) is 41.6 Å². The monoisotopic (exact) mass is 445 g/mol. The number of rotatable bonds is 8. The molecular weight excluding hydrogens is 406 g/mol. The Morgan fingerprint density at radius 3 is 2.61 bits per heavy atom. The van der Waals surface area contributed by atoms with Gasteiger partial charge in [-0.05, 0) is 92.6 Å². The first-order valence-electron chi connectivity index (χ1n) is 13.0. The van der Waals surface area contributed by atoms with Crippen LogP contribution in [0, 0.1) is 11.8 Å². The standard InChI is InChI=1S/C29H39N3O/c1-29(25-8-3-2-4-9-25,26-14-17-30-18-15-26)31-28(33)13-12-23-6-5-7-24-21-32(19-16-27(23)24)20-22-10-11-22/h2-9,22,26,30H,10-21H2,1H3,(H,31,33). The van der Waals surface area contributed by atoms with E-state index in [9.17, 15) is 4.79 Å². The maximum Gasteiger partial charge on any atom is 0.221 e. The lowest BCUT2D eigenvalue weighted by Crippen LogP contribution is -2.51. The normalized spacial score (nSPS) is 21.2. The van der Waals surface area contributed by atoms with Gasteiger partial charge in [-0.3, -0.25) is 9.69 Å². The van der Waals surface area contributed by atoms with Crippen molar-refractivity contribution in [2.75, 3.05) is 26.2 Å². The summed E-state index contributed by atoms with van der Waals surface area (Å²) in [4.78, 5) is 15.9. The highest BCUT2D eigenvalue weighted by molar-refractivity contribution is 5.77. The number of carbonyl (C=O) groups is 1. The molecule has 33 heavy (non-hydrogen) atoms. The third-order valence-corrected chi connectivity index (χ3v) is 8.20. The average molecular weight is 446 g/mol. The number of hydrogen-bond acceptors (Lipinski definition) is 3. The highest BCUT2D eigenvalue weighted by atomic mass is 16.1. The van der Waals surface area contributed by atoms with E-state index in [0.29, 0.717) is 12.3 Å². The van der Waals surface area contributed by atoms with E-state index in [4.69, 9.17) is 0 Å². The smallest absolute Gasteiger partial charge is 0.221 e. The Balaban J connectivity index is 1.25. The van der Waals surface area contributed by atoms with Crippen molar-refractivity contribution in [3.63, 3.8) is 0 Å². The van der Waals surface area contributed by atoms with Crippen LogP contribution in [0.25, 0.3) is 0 Å². The first-order valence-corrected chi connectivity index (χ1v) is 13.0. The number of piperidine rings is 1. The van der Waals surface area contributed by atoms with Crippen molar-refractivity contribution >= 4 is 5.91 Å². The minimum Gasteiger partial charge on any atom is -0.347 e. The van der Waals surface area contributed by atoms with E-state index >= 15 is 0 Å². The number of nitrogens with one attached hydrogen (secondary N) is 2. The number of amides is 1. The molecule has 4 nitrogen and oxygen atoms in total. The van der Waals surface area contributed by atoms with Crippen molar-refractivity contribution in [3.8, 4) is 0 Å². The highest BCUT2D eigenvalue weighted by Crippen LogP contribution is 2.35. The van der Waals surface area contributed by atoms with Gasteiger partial charge in [-0.2, -0.15) is 0 Å². The van der Waals surface area contributed by atoms with Crippen LogP contribution in [0.2, 0.25) is 0 Å². The molecule has 1 aliphatic carbocycles. The zero-order valence-corrected chi connectivity index (χ0v) is 20.1. The molecule has 5 rings (SSSR count). The predicted octanol–water partition coefficient (Wildman–Crippen LogP) is 4.42. The molecule has 2 aromatic carbocycles. The lowest BCUT2D eigenvalue weighted by Gasteiger charge is -2.41. The first-order chi connectivity index (χ1) is 16.1. The van der Waals surface area contributed by atoms with Gasteiger partial charge >= 0.3 is 0 Å². The van der Waals surface area contributed by atoms with Crippen molar-refractivity contribution in [2.24, 2.45) is 11.8 Å². The molecule has 0 spiro atoms. The lowest BCUT2D eigenvalue weighted by atomic mass is 9.74. The van der Waals surface area contributed by atoms with Gasteiger partial charge in [-0.15, -0.1) is 0 Å². The van der Waals surface area contributed by atoms with Crippen LogP contribution in [0.3, 0.4) is 0 Å². The van der Waals surface area contributed by atoms with Gasteiger partial charge in [0.25, 0.3) is 0 Å². The fourth-order valence-corrected chi connectivity index (χ4v) is 6.00. The van der Waals surface area contributed by atoms with Crippen LogP contribution < -0.4 is 10.6 Å². The Kier molecular flexibility index (Phi) is 6.84. The quantitative estimate of drug-likeness (QED) is 0.632. The second-order valence-corrected chi connectivity index (χ2v) is 10.6. The zero-order chi connectivity index (χ0) is 22.7. The van der Waals surface area contributed by atoms with E-state index < -0.39 is 0 Å². The van der Waals surface area contributed by atoms with E-state index in [-0.39, 0.29) is 11.4 Å². The Hall–Kier alpha value is -2.17. The van der Waals surface area contributed by atoms with Crippen LogP contribution in [-0.2, 0) is 29.7 Å². The number of nitrogens with zero attached hydrogens (tertiary/aromatic N) is 1. The second-order valence-electron chi connectivity index (χ2n) is 10.6. The van der Waals surface area contributed by atoms with Gasteiger partial charge in [0.2, 0.25) is 5.91 Å². The highest BCUT2D eigenvalue weighted by Gasteiger charge is 2.37. The van der Waals surface area contributed by atoms with Gasteiger partial charge in [0.15, 0.2) is 0 Å². The number of benzene rings is 2. The Labute approximate surface area is 199 Å². The van der Waals surface area contributed by atoms with Gasteiger partial charge in [-0.1, -0.05) is 48.5 Å². The molecule has 2 heterocycles. The molecule has 0 bridgehead atoms. The summed E-state index contributed by atoms with van der Waals surface area (Å²) in [6.07, 6.45) is 7.51. The van der Waals surface area contributed by atoms with Crippen LogP contribution in [0.5, 0.6) is 0 Å². The Bertz CT molecular complexity index is 949. The molecule has 2 aliphatic heterocycles. The molecule has 4 heteroatoms. The van der Waals surface area contributed by atoms with E-state index in [1.54, 1.807) is 0 Å². The third kappa shape index (κ3) is 5.33. The van der Waals surface area contributed by atoms with Crippen molar-refractivity contribution in [1.29, 1.82) is 0 Å². The maximum absolute atomic E-state index is 13.3. The maximum atomic E-state index is 13.3. The number of aryl methyl sites for hydroxylation is 1. The minimum absolute atomic E-state index is 0.170. The summed E-state index contributed by atoms with van der Waals surface area (Å²) < 4.78 is 0. The Morgan fingerprint density at radius 2 is 1.85 bits per heavy atom. The lowest BCUT2D eigenvalue weighted by molar-refractivity contribution is -0.123. The van der Waals surface area contributed by atoms with Crippen LogP contribution in [0.15, 0.2) is 48.5 Å². The summed E-state index contributed by atoms with van der Waals surface area (Å²) in [7, 11) is 0. The SMILES string of the molecule is CC(NC(=O)CCc1cccc2c1CCN(CC1CC1)C2)(c1ccccc1)C1CCNCC1. The molecular formula is C29H39N3O. The number of fused-ring (bicyclic) bond motifs is 1. The second kappa shape index (κ2) is 9.99. The van der Waals surface area contributed by atoms with E-state index in [2.05, 4.69) is 71.0 Å². The summed E-state index contributed by atoms with van der Waals surface area (Å²) in [5.74, 6) is 1.56. The molecule has 3 aliphatic rings. The fraction of sp³-hybridized carbons (Fsp3) is 0.552. The summed E-state index contributed by atoms with van der Waals surface area (Å²) in [6, 6.07) is 17.3. The topological polar surface area (TPSA) is 44.4 Å². The molecule has 176 valence electrons. The van der Waals surface area contributed by atoms with Gasteiger partial charge in [0, 0.05) is 26.1 Å². The molecule has 2 N–H and O–H groups in total. The van der Waals surface area contributed by atoms with Crippen LogP contribution in [0.4, 0.5) is 0 Å². The zero-order valence-electron chi connectivity index (χ0n) is 20.1. The van der Waals surface area contributed by atoms with Crippen LogP contribution >= 0.6 is 0 Å². The van der Waals surface area contributed by atoms with Gasteiger partial charge in [0.05, 0.1) is 5.54 Å². The summed E-state index contributed by atoms with van der Waals surface area (Å²) in [5.41, 5.74) is 5.25. The van der Waals surface area contributed by atoms with Gasteiger partial charge in [-0.25, -0.2) is 0 Å². The third-order valence-electron chi connectivity index (χ3n) is 8.20. The van der Waals surface area contributed by atoms with Crippen molar-refractivity contribution in [1.82, 2.24) is 15.5 Å². The van der Waals surface area contributed by atoms with Crippen LogP contribution in [0.1, 0.15) is 61.3 Å². The van der Waals surface area contributed by atoms with Crippen molar-refractivity contribution < 1.29 is 4.79 Å². The summed E-state index contributed by atoms with van der Waals surface area (Å²) >= 11 is 0. The van der Waals surface area contributed by atoms with E-state index in [1.807, 2.05) is 0 Å². The number of hydrogen-bond donors (Lipinski definition) is 2. The minimum atomic E-state index is -0.320. The summed E-state index contributed by atoms with van der Waals surface area (Å²) in [5, 5.41) is 6.96. The molecule has 0 radical (unpaired) electrons. The van der Waals surface area contributed by atoms with Gasteiger partial charge in [0.1, 0.15) is 0 Å². The van der Waals surface area contributed by atoms with Gasteiger partial charge < -0.3 is 10.6 Å². The summed E-state index contributed by atoms with van der Waals surface area (Å²) in [6.45, 7) is 7.78. The Morgan fingerprint density at radius 1 is 1.06 bits per heavy atom. The van der Waals surface area contributed by atoms with Crippen molar-refractivity contribution in [2.45, 2.75) is 64.0 Å². The first kappa shape index (κ1) is 22.6. The molecule has 2 aromatic rings. The molecule has 1 atom stereocenters.